The maximum atomic E-state index is 11.8. The van der Waals surface area contributed by atoms with Crippen molar-refractivity contribution in [2.45, 2.75) is 12.8 Å². The van der Waals surface area contributed by atoms with E-state index in [1.54, 1.807) is 7.11 Å². The Labute approximate surface area is 133 Å². The number of likely N-dealkylation sites (tertiary alicyclic amines) is 1. The Morgan fingerprint density at radius 3 is 2.91 bits per heavy atom. The van der Waals surface area contributed by atoms with Crippen molar-refractivity contribution < 1.29 is 9.53 Å². The number of carbonyl (C=O) groups excluding carboxylic acids is 1. The van der Waals surface area contributed by atoms with Crippen LogP contribution >= 0.6 is 0 Å². The second-order valence-corrected chi connectivity index (χ2v) is 5.82. The van der Waals surface area contributed by atoms with Crippen molar-refractivity contribution in [2.24, 2.45) is 5.92 Å². The fourth-order valence-electron chi connectivity index (χ4n) is 2.77. The lowest BCUT2D eigenvalue weighted by Gasteiger charge is -2.15. The number of urea groups is 1. The van der Waals surface area contributed by atoms with E-state index in [0.29, 0.717) is 12.5 Å². The van der Waals surface area contributed by atoms with Gasteiger partial charge in [-0.25, -0.2) is 4.79 Å². The van der Waals surface area contributed by atoms with Crippen LogP contribution in [0, 0.1) is 5.92 Å². The lowest BCUT2D eigenvalue weighted by molar-refractivity contribution is 0.159. The zero-order valence-electron chi connectivity index (χ0n) is 13.4. The second kappa shape index (κ2) is 9.43. The van der Waals surface area contributed by atoms with Gasteiger partial charge in [-0.3, -0.25) is 0 Å². The predicted octanol–water partition coefficient (Wildman–Crippen LogP) is 1.50. The van der Waals surface area contributed by atoms with E-state index in [1.165, 1.54) is 5.56 Å². The van der Waals surface area contributed by atoms with Gasteiger partial charge in [-0.2, -0.15) is 0 Å². The van der Waals surface area contributed by atoms with Gasteiger partial charge in [-0.05, 0) is 30.9 Å². The molecule has 1 aliphatic heterocycles. The minimum absolute atomic E-state index is 0.0636. The van der Waals surface area contributed by atoms with Crippen LogP contribution in [0.15, 0.2) is 30.3 Å². The van der Waals surface area contributed by atoms with Gasteiger partial charge in [0.1, 0.15) is 0 Å². The molecule has 0 aromatic heterocycles. The Hall–Kier alpha value is -1.59. The summed E-state index contributed by atoms with van der Waals surface area (Å²) in [5.74, 6) is 0.553. The molecule has 0 saturated carbocycles. The van der Waals surface area contributed by atoms with Crippen molar-refractivity contribution in [1.82, 2.24) is 15.5 Å². The van der Waals surface area contributed by atoms with Gasteiger partial charge in [0.2, 0.25) is 0 Å². The molecule has 5 nitrogen and oxygen atoms in total. The van der Waals surface area contributed by atoms with Gasteiger partial charge in [-0.15, -0.1) is 0 Å². The summed E-state index contributed by atoms with van der Waals surface area (Å²) in [7, 11) is 1.73. The van der Waals surface area contributed by atoms with Crippen LogP contribution < -0.4 is 10.6 Å². The maximum absolute atomic E-state index is 11.8. The lowest BCUT2D eigenvalue weighted by Crippen LogP contribution is -2.39. The number of benzene rings is 1. The van der Waals surface area contributed by atoms with Crippen LogP contribution in [0.3, 0.4) is 0 Å². The Balaban J connectivity index is 1.54. The average Bonchev–Trinajstić information content (AvgIpc) is 3.00. The van der Waals surface area contributed by atoms with Crippen molar-refractivity contribution in [3.05, 3.63) is 35.9 Å². The molecule has 122 valence electrons. The SMILES string of the molecule is COCCN1CCC(CNC(=O)NCCc2ccccc2)C1. The summed E-state index contributed by atoms with van der Waals surface area (Å²) in [6.45, 7) is 5.33. The molecule has 22 heavy (non-hydrogen) atoms. The number of ether oxygens (including phenoxy) is 1. The van der Waals surface area contributed by atoms with Crippen LogP contribution in [0.2, 0.25) is 0 Å². The average molecular weight is 305 g/mol. The Bertz CT molecular complexity index is 439. The molecule has 0 aliphatic carbocycles. The first-order valence-corrected chi connectivity index (χ1v) is 8.05. The molecule has 0 radical (unpaired) electrons. The van der Waals surface area contributed by atoms with E-state index in [1.807, 2.05) is 18.2 Å². The third-order valence-electron chi connectivity index (χ3n) is 4.07. The van der Waals surface area contributed by atoms with Crippen LogP contribution in [-0.4, -0.2) is 57.4 Å². The number of hydrogen-bond donors (Lipinski definition) is 2. The first kappa shape index (κ1) is 16.8. The lowest BCUT2D eigenvalue weighted by atomic mass is 10.1. The minimum Gasteiger partial charge on any atom is -0.383 e. The number of methoxy groups -OCH3 is 1. The highest BCUT2D eigenvalue weighted by atomic mass is 16.5. The summed E-state index contributed by atoms with van der Waals surface area (Å²) in [5.41, 5.74) is 1.24. The van der Waals surface area contributed by atoms with E-state index in [4.69, 9.17) is 4.74 Å². The monoisotopic (exact) mass is 305 g/mol. The van der Waals surface area contributed by atoms with Crippen molar-refractivity contribution in [1.29, 1.82) is 0 Å². The number of nitrogens with one attached hydrogen (secondary N) is 2. The van der Waals surface area contributed by atoms with Crippen molar-refractivity contribution in [3.63, 3.8) is 0 Å². The summed E-state index contributed by atoms with van der Waals surface area (Å²) in [5, 5.41) is 5.90. The highest BCUT2D eigenvalue weighted by Crippen LogP contribution is 2.14. The molecule has 0 spiro atoms. The van der Waals surface area contributed by atoms with Crippen LogP contribution in [0.25, 0.3) is 0 Å². The number of carbonyl (C=O) groups is 1. The van der Waals surface area contributed by atoms with Gasteiger partial charge in [0.05, 0.1) is 6.61 Å². The molecule has 1 aromatic carbocycles. The second-order valence-electron chi connectivity index (χ2n) is 5.82. The van der Waals surface area contributed by atoms with E-state index in [0.717, 1.165) is 45.6 Å². The topological polar surface area (TPSA) is 53.6 Å². The van der Waals surface area contributed by atoms with E-state index >= 15 is 0 Å². The van der Waals surface area contributed by atoms with E-state index < -0.39 is 0 Å². The van der Waals surface area contributed by atoms with Gasteiger partial charge in [0.25, 0.3) is 0 Å². The predicted molar refractivity (Wildman–Crippen MR) is 88.0 cm³/mol. The Morgan fingerprint density at radius 2 is 2.14 bits per heavy atom. The van der Waals surface area contributed by atoms with Gasteiger partial charge >= 0.3 is 6.03 Å². The standard InChI is InChI=1S/C17H27N3O2/c1-22-12-11-20-10-8-16(14-20)13-19-17(21)18-9-7-15-5-3-2-4-6-15/h2-6,16H,7-14H2,1H3,(H2,18,19,21). The third kappa shape index (κ3) is 6.03. The fourth-order valence-corrected chi connectivity index (χ4v) is 2.77. The summed E-state index contributed by atoms with van der Waals surface area (Å²) in [6.07, 6.45) is 2.01. The largest absolute Gasteiger partial charge is 0.383 e. The van der Waals surface area contributed by atoms with Crippen molar-refractivity contribution in [3.8, 4) is 0 Å². The van der Waals surface area contributed by atoms with Crippen molar-refractivity contribution >= 4 is 6.03 Å². The minimum atomic E-state index is -0.0636. The summed E-state index contributed by atoms with van der Waals surface area (Å²) in [4.78, 5) is 14.2. The molecular formula is C17H27N3O2. The first-order chi connectivity index (χ1) is 10.8. The summed E-state index contributed by atoms with van der Waals surface area (Å²) >= 11 is 0. The molecule has 2 amide bonds. The molecule has 1 aromatic rings. The fraction of sp³-hybridized carbons (Fsp3) is 0.588. The molecule has 1 atom stereocenters. The van der Waals surface area contributed by atoms with E-state index in [-0.39, 0.29) is 6.03 Å². The van der Waals surface area contributed by atoms with Crippen LogP contribution in [0.4, 0.5) is 4.79 Å². The summed E-state index contributed by atoms with van der Waals surface area (Å²) < 4.78 is 5.10. The van der Waals surface area contributed by atoms with Crippen LogP contribution in [-0.2, 0) is 11.2 Å². The molecule has 1 unspecified atom stereocenters. The molecule has 2 N–H and O–H groups in total. The van der Waals surface area contributed by atoms with Gasteiger partial charge < -0.3 is 20.3 Å². The number of hydrogen-bond acceptors (Lipinski definition) is 3. The molecule has 0 bridgehead atoms. The van der Waals surface area contributed by atoms with Gasteiger partial charge in [-0.1, -0.05) is 30.3 Å². The molecule has 1 aliphatic rings. The summed E-state index contributed by atoms with van der Waals surface area (Å²) in [6, 6.07) is 10.1. The van der Waals surface area contributed by atoms with Crippen LogP contribution in [0.1, 0.15) is 12.0 Å². The number of rotatable bonds is 8. The molecule has 1 fully saturated rings. The molecule has 1 saturated heterocycles. The number of amides is 2. The first-order valence-electron chi connectivity index (χ1n) is 8.05. The molecule has 2 rings (SSSR count). The molecule has 5 heteroatoms. The zero-order valence-corrected chi connectivity index (χ0v) is 13.4. The molecule has 1 heterocycles. The number of nitrogens with zero attached hydrogens (tertiary/aromatic N) is 1. The van der Waals surface area contributed by atoms with Crippen molar-refractivity contribution in [2.75, 3.05) is 46.4 Å². The Kier molecular flexibility index (Phi) is 7.19. The molecular weight excluding hydrogens is 278 g/mol. The van der Waals surface area contributed by atoms with Gasteiger partial charge in [0.15, 0.2) is 0 Å². The maximum Gasteiger partial charge on any atom is 0.314 e. The quantitative estimate of drug-likeness (QED) is 0.765. The Morgan fingerprint density at radius 1 is 1.32 bits per heavy atom. The third-order valence-corrected chi connectivity index (χ3v) is 4.07. The highest BCUT2D eigenvalue weighted by Gasteiger charge is 2.22. The zero-order chi connectivity index (χ0) is 15.6. The van der Waals surface area contributed by atoms with Gasteiger partial charge in [0, 0.05) is 33.3 Å². The van der Waals surface area contributed by atoms with Crippen LogP contribution in [0.5, 0.6) is 0 Å². The van der Waals surface area contributed by atoms with E-state index in [9.17, 15) is 4.79 Å². The van der Waals surface area contributed by atoms with E-state index in [2.05, 4.69) is 27.7 Å². The smallest absolute Gasteiger partial charge is 0.314 e. The normalized spacial score (nSPS) is 18.3. The highest BCUT2D eigenvalue weighted by molar-refractivity contribution is 5.73.